The minimum absolute atomic E-state index is 0.134. The van der Waals surface area contributed by atoms with Gasteiger partial charge in [-0.3, -0.25) is 4.90 Å². The number of hydrogen-bond donors (Lipinski definition) is 1. The molecule has 6 nitrogen and oxygen atoms in total. The average Bonchev–Trinajstić information content (AvgIpc) is 3.01. The summed E-state index contributed by atoms with van der Waals surface area (Å²) in [4.78, 5) is 7.53. The highest BCUT2D eigenvalue weighted by Crippen LogP contribution is 2.36. The van der Waals surface area contributed by atoms with E-state index in [1.807, 2.05) is 6.07 Å². The van der Waals surface area contributed by atoms with Gasteiger partial charge in [0.05, 0.1) is 22.5 Å². The lowest BCUT2D eigenvalue weighted by Crippen LogP contribution is -2.41. The van der Waals surface area contributed by atoms with Crippen molar-refractivity contribution in [1.29, 1.82) is 0 Å². The van der Waals surface area contributed by atoms with Crippen molar-refractivity contribution >= 4 is 21.1 Å². The maximum absolute atomic E-state index is 11.7. The highest BCUT2D eigenvalue weighted by Gasteiger charge is 2.31. The van der Waals surface area contributed by atoms with Crippen LogP contribution in [0.2, 0.25) is 0 Å². The molecule has 2 N–H and O–H groups in total. The van der Waals surface area contributed by atoms with Crippen molar-refractivity contribution in [3.05, 3.63) is 24.0 Å². The van der Waals surface area contributed by atoms with E-state index in [-0.39, 0.29) is 4.90 Å². The highest BCUT2D eigenvalue weighted by molar-refractivity contribution is 7.89. The van der Waals surface area contributed by atoms with Crippen LogP contribution in [-0.4, -0.2) is 36.0 Å². The van der Waals surface area contributed by atoms with Crippen molar-refractivity contribution in [2.75, 3.05) is 13.1 Å². The van der Waals surface area contributed by atoms with Crippen LogP contribution in [0.4, 0.5) is 0 Å². The summed E-state index contributed by atoms with van der Waals surface area (Å²) in [5.41, 5.74) is 1.73. The van der Waals surface area contributed by atoms with Crippen molar-refractivity contribution < 1.29 is 8.42 Å². The van der Waals surface area contributed by atoms with Crippen molar-refractivity contribution in [2.45, 2.75) is 69.9 Å². The number of piperidine rings is 1. The first kappa shape index (κ1) is 19.9. The van der Waals surface area contributed by atoms with E-state index in [4.69, 9.17) is 10.1 Å². The van der Waals surface area contributed by atoms with Crippen LogP contribution in [0.1, 0.15) is 57.7 Å². The van der Waals surface area contributed by atoms with Crippen LogP contribution in [0.5, 0.6) is 0 Å². The fourth-order valence-corrected chi connectivity index (χ4v) is 5.58. The Hall–Kier alpha value is -1.44. The van der Waals surface area contributed by atoms with Crippen molar-refractivity contribution in [2.24, 2.45) is 17.0 Å². The Morgan fingerprint density at radius 3 is 2.71 bits per heavy atom. The molecule has 1 saturated heterocycles. The molecule has 28 heavy (non-hydrogen) atoms. The molecular weight excluding hydrogens is 372 g/mol. The number of sulfonamides is 1. The largest absolute Gasteiger partial charge is 0.327 e. The third kappa shape index (κ3) is 4.11. The Bertz CT molecular complexity index is 937. The molecule has 2 atom stereocenters. The number of nitrogens with zero attached hydrogens (tertiary/aromatic N) is 3. The molecule has 7 heteroatoms. The third-order valence-electron chi connectivity index (χ3n) is 6.60. The number of hydrogen-bond acceptors (Lipinski definition) is 4. The molecular formula is C21H32N4O2S. The number of unbranched alkanes of at least 4 members (excludes halogenated alkanes) is 1. The van der Waals surface area contributed by atoms with Crippen LogP contribution in [0, 0.1) is 11.8 Å². The molecule has 154 valence electrons. The van der Waals surface area contributed by atoms with Gasteiger partial charge in [0.1, 0.15) is 5.82 Å². The van der Waals surface area contributed by atoms with E-state index in [9.17, 15) is 8.42 Å². The minimum atomic E-state index is -3.72. The number of benzene rings is 1. The molecule has 0 unspecified atom stereocenters. The van der Waals surface area contributed by atoms with E-state index in [1.165, 1.54) is 38.6 Å². The zero-order valence-electron chi connectivity index (χ0n) is 16.8. The number of nitrogens with two attached hydrogens (primary N) is 1. The lowest BCUT2D eigenvalue weighted by atomic mass is 9.75. The Kier molecular flexibility index (Phi) is 5.76. The molecule has 0 radical (unpaired) electrons. The molecule has 0 amide bonds. The first-order valence-corrected chi connectivity index (χ1v) is 12.2. The van der Waals surface area contributed by atoms with Gasteiger partial charge in [-0.1, -0.05) is 32.6 Å². The summed E-state index contributed by atoms with van der Waals surface area (Å²) in [6.07, 6.45) is 9.05. The Morgan fingerprint density at radius 1 is 1.18 bits per heavy atom. The summed E-state index contributed by atoms with van der Waals surface area (Å²) in [5, 5.41) is 5.31. The average molecular weight is 405 g/mol. The van der Waals surface area contributed by atoms with E-state index in [1.54, 1.807) is 12.1 Å². The van der Waals surface area contributed by atoms with Crippen molar-refractivity contribution in [3.63, 3.8) is 0 Å². The van der Waals surface area contributed by atoms with Crippen LogP contribution in [-0.2, 0) is 23.1 Å². The number of likely N-dealkylation sites (tertiary alicyclic amines) is 1. The maximum Gasteiger partial charge on any atom is 0.238 e. The van der Waals surface area contributed by atoms with E-state index < -0.39 is 10.0 Å². The van der Waals surface area contributed by atoms with Gasteiger partial charge in [-0.05, 0) is 55.8 Å². The number of aryl methyl sites for hydroxylation is 1. The molecule has 1 aliphatic heterocycles. The van der Waals surface area contributed by atoms with Gasteiger partial charge < -0.3 is 4.57 Å². The zero-order valence-corrected chi connectivity index (χ0v) is 17.6. The standard InChI is InChI=1S/C21H32N4O2S/c1-2-3-11-25-20-9-8-18(28(22,26)27)13-19(20)23-21(25)15-24-12-10-16-6-4-5-7-17(16)14-24/h8-9,13,16-17H,2-7,10-12,14-15H2,1H3,(H2,22,26,27)/t16-,17+/m1/s1. The second-order valence-electron chi connectivity index (χ2n) is 8.56. The van der Waals surface area contributed by atoms with Crippen molar-refractivity contribution in [3.8, 4) is 0 Å². The van der Waals surface area contributed by atoms with E-state index >= 15 is 0 Å². The number of primary sulfonamides is 1. The summed E-state index contributed by atoms with van der Waals surface area (Å²) in [6, 6.07) is 5.07. The Balaban J connectivity index is 1.61. The zero-order chi connectivity index (χ0) is 19.7. The lowest BCUT2D eigenvalue weighted by molar-refractivity contribution is 0.0796. The molecule has 4 rings (SSSR count). The van der Waals surface area contributed by atoms with Gasteiger partial charge in [0.25, 0.3) is 0 Å². The number of imidazole rings is 1. The van der Waals surface area contributed by atoms with Crippen LogP contribution >= 0.6 is 0 Å². The summed E-state index contributed by atoms with van der Waals surface area (Å²) in [5.74, 6) is 2.80. The number of rotatable bonds is 6. The summed E-state index contributed by atoms with van der Waals surface area (Å²) in [6.45, 7) is 6.25. The predicted molar refractivity (Wildman–Crippen MR) is 111 cm³/mol. The maximum atomic E-state index is 11.7. The predicted octanol–water partition coefficient (Wildman–Crippen LogP) is 3.50. The van der Waals surface area contributed by atoms with Crippen molar-refractivity contribution in [1.82, 2.24) is 14.5 Å². The minimum Gasteiger partial charge on any atom is -0.327 e. The number of aromatic nitrogens is 2. The molecule has 2 fully saturated rings. The van der Waals surface area contributed by atoms with E-state index in [0.29, 0.717) is 0 Å². The normalized spacial score (nSPS) is 23.8. The van der Waals surface area contributed by atoms with Crippen LogP contribution < -0.4 is 5.14 Å². The second kappa shape index (κ2) is 8.13. The molecule has 1 saturated carbocycles. The monoisotopic (exact) mass is 404 g/mol. The molecule has 1 aliphatic carbocycles. The van der Waals surface area contributed by atoms with Gasteiger partial charge in [-0.15, -0.1) is 0 Å². The van der Waals surface area contributed by atoms with E-state index in [2.05, 4.69) is 16.4 Å². The molecule has 1 aromatic heterocycles. The first-order chi connectivity index (χ1) is 13.5. The van der Waals surface area contributed by atoms with Gasteiger partial charge in [0.2, 0.25) is 10.0 Å². The van der Waals surface area contributed by atoms with Gasteiger partial charge in [-0.25, -0.2) is 18.5 Å². The summed E-state index contributed by atoms with van der Waals surface area (Å²) >= 11 is 0. The van der Waals surface area contributed by atoms with Gasteiger partial charge >= 0.3 is 0 Å². The van der Waals surface area contributed by atoms with E-state index in [0.717, 1.165) is 61.2 Å². The van der Waals surface area contributed by atoms with Crippen LogP contribution in [0.3, 0.4) is 0 Å². The topological polar surface area (TPSA) is 81.2 Å². The molecule has 1 aromatic carbocycles. The summed E-state index contributed by atoms with van der Waals surface area (Å²) < 4.78 is 25.7. The van der Waals surface area contributed by atoms with Gasteiger partial charge in [0, 0.05) is 13.1 Å². The summed E-state index contributed by atoms with van der Waals surface area (Å²) in [7, 11) is -3.72. The SMILES string of the molecule is CCCCn1c(CN2CC[C@H]3CCCC[C@H]3C2)nc2cc(S(N)(=O)=O)ccc21. The highest BCUT2D eigenvalue weighted by atomic mass is 32.2. The van der Waals surface area contributed by atoms with Crippen LogP contribution in [0.15, 0.2) is 23.1 Å². The lowest BCUT2D eigenvalue weighted by Gasteiger charge is -2.41. The molecule has 0 bridgehead atoms. The molecule has 2 heterocycles. The fraction of sp³-hybridized carbons (Fsp3) is 0.667. The Labute approximate surface area is 168 Å². The van der Waals surface area contributed by atoms with Gasteiger partial charge in [-0.2, -0.15) is 0 Å². The van der Waals surface area contributed by atoms with Gasteiger partial charge in [0.15, 0.2) is 0 Å². The quantitative estimate of drug-likeness (QED) is 0.799. The smallest absolute Gasteiger partial charge is 0.238 e. The Morgan fingerprint density at radius 2 is 1.96 bits per heavy atom. The number of fused-ring (bicyclic) bond motifs is 2. The third-order valence-corrected chi connectivity index (χ3v) is 7.51. The molecule has 2 aliphatic rings. The molecule has 2 aromatic rings. The first-order valence-electron chi connectivity index (χ1n) is 10.7. The van der Waals surface area contributed by atoms with Crippen LogP contribution in [0.25, 0.3) is 11.0 Å². The molecule has 0 spiro atoms. The second-order valence-corrected chi connectivity index (χ2v) is 10.1. The fourth-order valence-electron chi connectivity index (χ4n) is 5.04.